The van der Waals surface area contributed by atoms with Gasteiger partial charge in [-0.1, -0.05) is 26.7 Å². The molecule has 0 radical (unpaired) electrons. The van der Waals surface area contributed by atoms with Crippen LogP contribution in [0.2, 0.25) is 0 Å². The van der Waals surface area contributed by atoms with Crippen molar-refractivity contribution in [3.63, 3.8) is 0 Å². The Morgan fingerprint density at radius 1 is 1.21 bits per heavy atom. The Morgan fingerprint density at radius 3 is 2.33 bits per heavy atom. The van der Waals surface area contributed by atoms with Crippen molar-refractivity contribution in [2.75, 3.05) is 11.9 Å². The van der Waals surface area contributed by atoms with Crippen LogP contribution in [-0.4, -0.2) is 34.3 Å². The zero-order chi connectivity index (χ0) is 18.2. The second kappa shape index (κ2) is 9.27. The lowest BCUT2D eigenvalue weighted by Gasteiger charge is -2.27. The Kier molecular flexibility index (Phi) is 7.71. The van der Waals surface area contributed by atoms with Gasteiger partial charge < -0.3 is 20.3 Å². The molecule has 0 aliphatic heterocycles. The quantitative estimate of drug-likeness (QED) is 0.609. The fourth-order valence-corrected chi connectivity index (χ4v) is 2.74. The highest BCUT2D eigenvalue weighted by Crippen LogP contribution is 2.26. The third-order valence-electron chi connectivity index (χ3n) is 3.75. The number of aliphatic carboxylic acids is 1. The van der Waals surface area contributed by atoms with E-state index in [1.54, 1.807) is 25.1 Å². The van der Waals surface area contributed by atoms with Crippen LogP contribution in [0.3, 0.4) is 0 Å². The fourth-order valence-electron chi connectivity index (χ4n) is 2.74. The minimum absolute atomic E-state index is 0.0609. The van der Waals surface area contributed by atoms with Crippen LogP contribution >= 0.6 is 0 Å². The summed E-state index contributed by atoms with van der Waals surface area (Å²) in [5.74, 6) is -0.848. The molecule has 134 valence electrons. The van der Waals surface area contributed by atoms with Gasteiger partial charge in [-0.05, 0) is 43.5 Å². The van der Waals surface area contributed by atoms with E-state index in [0.717, 1.165) is 18.4 Å². The summed E-state index contributed by atoms with van der Waals surface area (Å²) in [6.07, 6.45) is 2.88. The highest BCUT2D eigenvalue weighted by molar-refractivity contribution is 5.92. The monoisotopic (exact) mass is 337 g/mol. The van der Waals surface area contributed by atoms with Gasteiger partial charge in [0, 0.05) is 5.69 Å². The first kappa shape index (κ1) is 20.0. The van der Waals surface area contributed by atoms with Crippen molar-refractivity contribution in [2.45, 2.75) is 58.5 Å². The Morgan fingerprint density at radius 2 is 1.83 bits per heavy atom. The SMILES string of the molecule is CCCC(O)(CCC)CC(=O)Nc1ccc(OCC(=O)O)cc1C. The molecule has 1 rings (SSSR count). The van der Waals surface area contributed by atoms with E-state index in [2.05, 4.69) is 5.32 Å². The lowest BCUT2D eigenvalue weighted by molar-refractivity contribution is -0.139. The van der Waals surface area contributed by atoms with Gasteiger partial charge in [0.1, 0.15) is 5.75 Å². The van der Waals surface area contributed by atoms with E-state index in [1.807, 2.05) is 13.8 Å². The van der Waals surface area contributed by atoms with Crippen LogP contribution in [0.15, 0.2) is 18.2 Å². The maximum atomic E-state index is 12.2. The Hall–Kier alpha value is -2.08. The van der Waals surface area contributed by atoms with E-state index >= 15 is 0 Å². The number of carboxylic acid groups (broad SMARTS) is 1. The number of carbonyl (C=O) groups excluding carboxylic acids is 1. The molecule has 0 unspecified atom stereocenters. The van der Waals surface area contributed by atoms with Gasteiger partial charge in [0.15, 0.2) is 6.61 Å². The molecule has 0 fully saturated rings. The number of anilines is 1. The molecule has 0 heterocycles. The third kappa shape index (κ3) is 6.58. The Bertz CT molecular complexity index is 565. The van der Waals surface area contributed by atoms with Crippen LogP contribution in [0.5, 0.6) is 5.75 Å². The number of ether oxygens (including phenoxy) is 1. The molecule has 0 aromatic heterocycles. The average molecular weight is 337 g/mol. The number of carbonyl (C=O) groups is 2. The second-order valence-electron chi connectivity index (χ2n) is 6.11. The van der Waals surface area contributed by atoms with Gasteiger partial charge in [-0.25, -0.2) is 4.79 Å². The molecule has 1 amide bonds. The lowest BCUT2D eigenvalue weighted by Crippen LogP contribution is -2.33. The molecule has 6 nitrogen and oxygen atoms in total. The van der Waals surface area contributed by atoms with Crippen LogP contribution in [0.1, 0.15) is 51.5 Å². The number of carboxylic acids is 1. The summed E-state index contributed by atoms with van der Waals surface area (Å²) in [6.45, 7) is 5.36. The number of hydrogen-bond acceptors (Lipinski definition) is 4. The summed E-state index contributed by atoms with van der Waals surface area (Å²) >= 11 is 0. The number of nitrogens with one attached hydrogen (secondary N) is 1. The van der Waals surface area contributed by atoms with Crippen LogP contribution in [0.4, 0.5) is 5.69 Å². The van der Waals surface area contributed by atoms with Crippen molar-refractivity contribution < 1.29 is 24.5 Å². The fraction of sp³-hybridized carbons (Fsp3) is 0.556. The van der Waals surface area contributed by atoms with Gasteiger partial charge in [-0.2, -0.15) is 0 Å². The van der Waals surface area contributed by atoms with Crippen LogP contribution in [0, 0.1) is 6.92 Å². The molecule has 1 aromatic carbocycles. The third-order valence-corrected chi connectivity index (χ3v) is 3.75. The van der Waals surface area contributed by atoms with Gasteiger partial charge in [0.2, 0.25) is 5.91 Å². The molecular weight excluding hydrogens is 310 g/mol. The maximum Gasteiger partial charge on any atom is 0.341 e. The maximum absolute atomic E-state index is 12.2. The predicted molar refractivity (Wildman–Crippen MR) is 92.3 cm³/mol. The molecule has 0 saturated carbocycles. The van der Waals surface area contributed by atoms with Crippen molar-refractivity contribution in [1.82, 2.24) is 0 Å². The van der Waals surface area contributed by atoms with Crippen molar-refractivity contribution in [1.29, 1.82) is 0 Å². The number of hydrogen-bond donors (Lipinski definition) is 3. The van der Waals surface area contributed by atoms with E-state index < -0.39 is 18.2 Å². The minimum Gasteiger partial charge on any atom is -0.482 e. The normalized spacial score (nSPS) is 11.2. The minimum atomic E-state index is -1.05. The summed E-state index contributed by atoms with van der Waals surface area (Å²) in [5.41, 5.74) is 0.422. The first-order valence-electron chi connectivity index (χ1n) is 8.27. The Balaban J connectivity index is 2.71. The molecule has 0 spiro atoms. The molecular formula is C18H27NO5. The standard InChI is InChI=1S/C18H27NO5/c1-4-8-18(23,9-5-2)11-16(20)19-15-7-6-14(10-13(15)3)24-12-17(21)22/h6-7,10,23H,4-5,8-9,11-12H2,1-3H3,(H,19,20)(H,21,22). The number of benzene rings is 1. The van der Waals surface area contributed by atoms with Crippen molar-refractivity contribution >= 4 is 17.6 Å². The van der Waals surface area contributed by atoms with Crippen LogP contribution in [-0.2, 0) is 9.59 Å². The number of amides is 1. The van der Waals surface area contributed by atoms with E-state index in [-0.39, 0.29) is 12.3 Å². The van der Waals surface area contributed by atoms with E-state index in [4.69, 9.17) is 9.84 Å². The van der Waals surface area contributed by atoms with Gasteiger partial charge in [-0.15, -0.1) is 0 Å². The van der Waals surface area contributed by atoms with E-state index in [1.165, 1.54) is 0 Å². The molecule has 0 aliphatic carbocycles. The van der Waals surface area contributed by atoms with Gasteiger partial charge in [0.25, 0.3) is 0 Å². The van der Waals surface area contributed by atoms with Gasteiger partial charge in [0.05, 0.1) is 12.0 Å². The molecule has 0 bridgehead atoms. The number of aryl methyl sites for hydroxylation is 1. The topological polar surface area (TPSA) is 95.9 Å². The summed E-state index contributed by atoms with van der Waals surface area (Å²) in [4.78, 5) is 22.8. The summed E-state index contributed by atoms with van der Waals surface area (Å²) < 4.78 is 5.10. The molecule has 0 saturated heterocycles. The summed E-state index contributed by atoms with van der Waals surface area (Å²) in [7, 11) is 0. The summed E-state index contributed by atoms with van der Waals surface area (Å²) in [5, 5.41) is 22.0. The Labute approximate surface area is 142 Å². The lowest BCUT2D eigenvalue weighted by atomic mass is 9.89. The molecule has 3 N–H and O–H groups in total. The molecule has 24 heavy (non-hydrogen) atoms. The highest BCUT2D eigenvalue weighted by Gasteiger charge is 2.28. The van der Waals surface area contributed by atoms with Gasteiger partial charge in [-0.3, -0.25) is 4.79 Å². The molecule has 6 heteroatoms. The second-order valence-corrected chi connectivity index (χ2v) is 6.11. The van der Waals surface area contributed by atoms with Gasteiger partial charge >= 0.3 is 5.97 Å². The molecule has 0 atom stereocenters. The van der Waals surface area contributed by atoms with E-state index in [9.17, 15) is 14.7 Å². The van der Waals surface area contributed by atoms with Crippen molar-refractivity contribution in [3.8, 4) is 5.75 Å². The number of rotatable bonds is 10. The zero-order valence-electron chi connectivity index (χ0n) is 14.6. The average Bonchev–Trinajstić information content (AvgIpc) is 2.47. The highest BCUT2D eigenvalue weighted by atomic mass is 16.5. The largest absolute Gasteiger partial charge is 0.482 e. The van der Waals surface area contributed by atoms with Crippen molar-refractivity contribution in [3.05, 3.63) is 23.8 Å². The smallest absolute Gasteiger partial charge is 0.341 e. The summed E-state index contributed by atoms with van der Waals surface area (Å²) in [6, 6.07) is 4.95. The van der Waals surface area contributed by atoms with E-state index in [0.29, 0.717) is 24.3 Å². The first-order valence-corrected chi connectivity index (χ1v) is 8.27. The zero-order valence-corrected chi connectivity index (χ0v) is 14.6. The molecule has 0 aliphatic rings. The van der Waals surface area contributed by atoms with Crippen LogP contribution < -0.4 is 10.1 Å². The number of aliphatic hydroxyl groups is 1. The van der Waals surface area contributed by atoms with Crippen LogP contribution in [0.25, 0.3) is 0 Å². The predicted octanol–water partition coefficient (Wildman–Crippen LogP) is 3.12. The first-order chi connectivity index (χ1) is 11.3. The van der Waals surface area contributed by atoms with Crippen molar-refractivity contribution in [2.24, 2.45) is 0 Å². The molecule has 1 aromatic rings.